The molecule has 1 nitrogen and oxygen atoms in total. The summed E-state index contributed by atoms with van der Waals surface area (Å²) in [7, 11) is 0. The molecule has 2 aromatic rings. The van der Waals surface area contributed by atoms with Gasteiger partial charge in [0, 0.05) is 0 Å². The van der Waals surface area contributed by atoms with Gasteiger partial charge in [-0.3, -0.25) is 0 Å². The van der Waals surface area contributed by atoms with Gasteiger partial charge in [0.05, 0.1) is 11.6 Å². The molecule has 0 aliphatic rings. The highest BCUT2D eigenvalue weighted by molar-refractivity contribution is 5.90. The Morgan fingerprint density at radius 3 is 2.53 bits per heavy atom. The molecule has 0 fully saturated rings. The van der Waals surface area contributed by atoms with Crippen LogP contribution in [0.1, 0.15) is 11.1 Å². The monoisotopic (exact) mass is 193 g/mol. The fourth-order valence-corrected chi connectivity index (χ4v) is 1.79. The van der Waals surface area contributed by atoms with E-state index < -0.39 is 0 Å². The van der Waals surface area contributed by atoms with E-state index in [2.05, 4.69) is 18.7 Å². The molecule has 0 bridgehead atoms. The van der Waals surface area contributed by atoms with Crippen LogP contribution >= 0.6 is 0 Å². The summed E-state index contributed by atoms with van der Waals surface area (Å²) in [6, 6.07) is 14.1. The van der Waals surface area contributed by atoms with Crippen LogP contribution in [0.2, 0.25) is 0 Å². The second-order valence-electron chi connectivity index (χ2n) is 3.42. The van der Waals surface area contributed by atoms with Gasteiger partial charge in [-0.1, -0.05) is 36.4 Å². The van der Waals surface area contributed by atoms with Crippen LogP contribution in [0.3, 0.4) is 0 Å². The summed E-state index contributed by atoms with van der Waals surface area (Å²) in [5.41, 5.74) is 1.96. The third-order valence-electron chi connectivity index (χ3n) is 2.50. The van der Waals surface area contributed by atoms with E-state index in [1.165, 1.54) is 5.56 Å². The second-order valence-corrected chi connectivity index (χ2v) is 3.42. The molecule has 0 heterocycles. The molecule has 0 aromatic heterocycles. The van der Waals surface area contributed by atoms with E-state index in [1.54, 1.807) is 0 Å². The van der Waals surface area contributed by atoms with Crippen LogP contribution in [0.5, 0.6) is 0 Å². The molecule has 0 N–H and O–H groups in total. The topological polar surface area (TPSA) is 23.8 Å². The molecule has 2 aromatic carbocycles. The Balaban J connectivity index is 2.78. The fourth-order valence-electron chi connectivity index (χ4n) is 1.79. The Hall–Kier alpha value is -2.07. The van der Waals surface area contributed by atoms with E-state index in [1.807, 2.05) is 36.4 Å². The summed E-state index contributed by atoms with van der Waals surface area (Å²) in [5, 5.41) is 11.2. The van der Waals surface area contributed by atoms with E-state index in [4.69, 9.17) is 5.26 Å². The lowest BCUT2D eigenvalue weighted by Crippen LogP contribution is -1.87. The molecule has 1 heteroatoms. The maximum absolute atomic E-state index is 8.99. The predicted molar refractivity (Wildman–Crippen MR) is 62.6 cm³/mol. The first kappa shape index (κ1) is 9.48. The zero-order valence-electron chi connectivity index (χ0n) is 8.40. The zero-order chi connectivity index (χ0) is 10.7. The first-order valence-electron chi connectivity index (χ1n) is 4.88. The predicted octanol–water partition coefficient (Wildman–Crippen LogP) is 3.44. The van der Waals surface area contributed by atoms with Gasteiger partial charge in [-0.25, -0.2) is 0 Å². The number of nitrogens with zero attached hydrogens (tertiary/aromatic N) is 1. The summed E-state index contributed by atoms with van der Waals surface area (Å²) in [5.74, 6) is 0. The number of hydrogen-bond acceptors (Lipinski definition) is 1. The van der Waals surface area contributed by atoms with Crippen molar-refractivity contribution in [3.63, 3.8) is 0 Å². The van der Waals surface area contributed by atoms with E-state index in [0.717, 1.165) is 22.8 Å². The molecule has 72 valence electrons. The highest BCUT2D eigenvalue weighted by Crippen LogP contribution is 2.22. The van der Waals surface area contributed by atoms with Crippen molar-refractivity contribution in [1.29, 1.82) is 5.26 Å². The minimum absolute atomic E-state index is 0.735. The largest absolute Gasteiger partial charge is 0.192 e. The van der Waals surface area contributed by atoms with E-state index in [9.17, 15) is 0 Å². The molecule has 0 spiro atoms. The number of benzene rings is 2. The lowest BCUT2D eigenvalue weighted by Gasteiger charge is -2.05. The number of nitriles is 1. The van der Waals surface area contributed by atoms with Crippen LogP contribution in [0.4, 0.5) is 0 Å². The minimum atomic E-state index is 0.735. The SMILES string of the molecule is C=CCc1ccc(C#N)c2ccccc12. The normalized spacial score (nSPS) is 9.80. The Morgan fingerprint density at radius 2 is 1.87 bits per heavy atom. The third kappa shape index (κ3) is 1.62. The molecular formula is C14H11N. The lowest BCUT2D eigenvalue weighted by molar-refractivity contribution is 1.31. The number of hydrogen-bond donors (Lipinski definition) is 0. The summed E-state index contributed by atoms with van der Waals surface area (Å²) in [4.78, 5) is 0. The molecule has 0 atom stereocenters. The van der Waals surface area contributed by atoms with Crippen LogP contribution in [0.25, 0.3) is 10.8 Å². The van der Waals surface area contributed by atoms with Gasteiger partial charge in [0.25, 0.3) is 0 Å². The Labute approximate surface area is 89.3 Å². The highest BCUT2D eigenvalue weighted by atomic mass is 14.2. The van der Waals surface area contributed by atoms with Gasteiger partial charge in [-0.2, -0.15) is 5.26 Å². The van der Waals surface area contributed by atoms with Gasteiger partial charge in [0.15, 0.2) is 0 Å². The van der Waals surface area contributed by atoms with Gasteiger partial charge in [-0.05, 0) is 28.8 Å². The molecule has 0 unspecified atom stereocenters. The van der Waals surface area contributed by atoms with Crippen molar-refractivity contribution in [2.75, 3.05) is 0 Å². The first-order chi connectivity index (χ1) is 7.36. The highest BCUT2D eigenvalue weighted by Gasteiger charge is 2.03. The molecule has 2 rings (SSSR count). The molecule has 0 aliphatic carbocycles. The maximum atomic E-state index is 8.99. The molecule has 0 aliphatic heterocycles. The van der Waals surface area contributed by atoms with Crippen molar-refractivity contribution in [3.05, 3.63) is 60.2 Å². The van der Waals surface area contributed by atoms with Crippen molar-refractivity contribution in [2.45, 2.75) is 6.42 Å². The number of allylic oxidation sites excluding steroid dienone is 1. The average molecular weight is 193 g/mol. The average Bonchev–Trinajstić information content (AvgIpc) is 2.30. The van der Waals surface area contributed by atoms with Crippen LogP contribution < -0.4 is 0 Å². The summed E-state index contributed by atoms with van der Waals surface area (Å²) in [6.07, 6.45) is 2.72. The smallest absolute Gasteiger partial charge is 0.0998 e. The van der Waals surface area contributed by atoms with Crippen molar-refractivity contribution in [3.8, 4) is 6.07 Å². The standard InChI is InChI=1S/C14H11N/c1-2-5-11-8-9-12(10-15)14-7-4-3-6-13(11)14/h2-4,6-9H,1,5H2. The van der Waals surface area contributed by atoms with Gasteiger partial charge < -0.3 is 0 Å². The summed E-state index contributed by atoms with van der Waals surface area (Å²) >= 11 is 0. The molecule has 15 heavy (non-hydrogen) atoms. The molecule has 0 amide bonds. The first-order valence-corrected chi connectivity index (χ1v) is 4.88. The van der Waals surface area contributed by atoms with Crippen molar-refractivity contribution >= 4 is 10.8 Å². The second kappa shape index (κ2) is 3.98. The van der Waals surface area contributed by atoms with Crippen molar-refractivity contribution < 1.29 is 0 Å². The van der Waals surface area contributed by atoms with E-state index in [-0.39, 0.29) is 0 Å². The molecular weight excluding hydrogens is 182 g/mol. The van der Waals surface area contributed by atoms with E-state index in [0.29, 0.717) is 0 Å². The fraction of sp³-hybridized carbons (Fsp3) is 0.0714. The maximum Gasteiger partial charge on any atom is 0.0998 e. The summed E-state index contributed by atoms with van der Waals surface area (Å²) in [6.45, 7) is 3.74. The molecule has 0 saturated carbocycles. The minimum Gasteiger partial charge on any atom is -0.192 e. The Morgan fingerprint density at radius 1 is 1.13 bits per heavy atom. The van der Waals surface area contributed by atoms with Gasteiger partial charge >= 0.3 is 0 Å². The summed E-state index contributed by atoms with van der Waals surface area (Å²) < 4.78 is 0. The Bertz CT molecular complexity index is 547. The van der Waals surface area contributed by atoms with Crippen LogP contribution in [-0.2, 0) is 6.42 Å². The van der Waals surface area contributed by atoms with Gasteiger partial charge in [0.2, 0.25) is 0 Å². The number of rotatable bonds is 2. The quantitative estimate of drug-likeness (QED) is 0.670. The van der Waals surface area contributed by atoms with Crippen LogP contribution in [-0.4, -0.2) is 0 Å². The molecule has 0 saturated heterocycles. The van der Waals surface area contributed by atoms with Gasteiger partial charge in [-0.15, -0.1) is 6.58 Å². The zero-order valence-corrected chi connectivity index (χ0v) is 8.40. The third-order valence-corrected chi connectivity index (χ3v) is 2.50. The molecule has 0 radical (unpaired) electrons. The van der Waals surface area contributed by atoms with Crippen molar-refractivity contribution in [1.82, 2.24) is 0 Å². The van der Waals surface area contributed by atoms with E-state index >= 15 is 0 Å². The Kier molecular flexibility index (Phi) is 2.51. The number of fused-ring (bicyclic) bond motifs is 1. The lowest BCUT2D eigenvalue weighted by atomic mass is 9.98. The van der Waals surface area contributed by atoms with Gasteiger partial charge in [0.1, 0.15) is 0 Å². The van der Waals surface area contributed by atoms with Crippen LogP contribution in [0, 0.1) is 11.3 Å². The van der Waals surface area contributed by atoms with Crippen molar-refractivity contribution in [2.24, 2.45) is 0 Å². The van der Waals surface area contributed by atoms with Crippen LogP contribution in [0.15, 0.2) is 49.1 Å².